The Morgan fingerprint density at radius 3 is 2.68 bits per heavy atom. The quantitative estimate of drug-likeness (QED) is 0.848. The summed E-state index contributed by atoms with van der Waals surface area (Å²) in [6.45, 7) is 4.97. The van der Waals surface area contributed by atoms with Crippen LogP contribution in [-0.2, 0) is 9.59 Å². The van der Waals surface area contributed by atoms with Crippen LogP contribution in [0.4, 0.5) is 0 Å². The first-order valence-corrected chi connectivity index (χ1v) is 8.25. The van der Waals surface area contributed by atoms with E-state index in [1.165, 1.54) is 11.0 Å². The highest BCUT2D eigenvalue weighted by atomic mass is 16.6. The fourth-order valence-corrected chi connectivity index (χ4v) is 2.88. The Hall–Kier alpha value is -2.70. The molecular formula is C18H21NO6. The molecule has 2 aliphatic rings. The lowest BCUT2D eigenvalue weighted by Crippen LogP contribution is -2.43. The molecule has 0 aliphatic carbocycles. The van der Waals surface area contributed by atoms with Crippen LogP contribution in [0.3, 0.4) is 0 Å². The summed E-state index contributed by atoms with van der Waals surface area (Å²) >= 11 is 0. The summed E-state index contributed by atoms with van der Waals surface area (Å²) in [7, 11) is 0. The van der Waals surface area contributed by atoms with Crippen molar-refractivity contribution in [1.82, 2.24) is 4.90 Å². The fourth-order valence-electron chi connectivity index (χ4n) is 2.88. The number of carboxylic acids is 1. The number of aliphatic carboxylic acids is 1. The van der Waals surface area contributed by atoms with Crippen LogP contribution in [0.1, 0.15) is 20.3 Å². The first kappa shape index (κ1) is 17.1. The lowest BCUT2D eigenvalue weighted by molar-refractivity contribution is -0.148. The van der Waals surface area contributed by atoms with E-state index in [1.807, 2.05) is 13.8 Å². The Morgan fingerprint density at radius 1 is 1.28 bits per heavy atom. The molecule has 0 spiro atoms. The van der Waals surface area contributed by atoms with Crippen molar-refractivity contribution in [1.29, 1.82) is 0 Å². The molecule has 0 saturated carbocycles. The highest BCUT2D eigenvalue weighted by molar-refractivity contribution is 5.94. The Morgan fingerprint density at radius 2 is 2.00 bits per heavy atom. The number of fused-ring (bicyclic) bond motifs is 1. The summed E-state index contributed by atoms with van der Waals surface area (Å²) in [6, 6.07) is 4.32. The largest absolute Gasteiger partial charge is 0.486 e. The Kier molecular flexibility index (Phi) is 4.83. The van der Waals surface area contributed by atoms with Gasteiger partial charge in [-0.25, -0.2) is 4.79 Å². The van der Waals surface area contributed by atoms with Gasteiger partial charge in [-0.05, 0) is 24.5 Å². The van der Waals surface area contributed by atoms with Gasteiger partial charge in [-0.1, -0.05) is 13.8 Å². The number of nitrogens with zero attached hydrogens (tertiary/aromatic N) is 1. The lowest BCUT2D eigenvalue weighted by atomic mass is 10.0. The number of carbonyl (C=O) groups is 2. The van der Waals surface area contributed by atoms with Crippen LogP contribution in [0.15, 0.2) is 30.0 Å². The van der Waals surface area contributed by atoms with Crippen molar-refractivity contribution in [2.24, 2.45) is 5.92 Å². The third-order valence-corrected chi connectivity index (χ3v) is 4.01. The summed E-state index contributed by atoms with van der Waals surface area (Å²) < 4.78 is 16.7. The summed E-state index contributed by atoms with van der Waals surface area (Å²) in [5.41, 5.74) is 0. The molecule has 2 heterocycles. The standard InChI is InChI=1S/C18H21NO6/c1-11(2)7-14(18(21)22)19-10-13(9-17(19)20)25-12-3-4-15-16(8-12)24-6-5-23-15/h3-4,8-9,11,14H,5-7,10H2,1-2H3,(H,21,22)/t14-/m0/s1. The minimum Gasteiger partial charge on any atom is -0.486 e. The molecule has 0 aromatic heterocycles. The van der Waals surface area contributed by atoms with Crippen LogP contribution in [0, 0.1) is 5.92 Å². The van der Waals surface area contributed by atoms with E-state index in [2.05, 4.69) is 0 Å². The number of hydrogen-bond acceptors (Lipinski definition) is 5. The smallest absolute Gasteiger partial charge is 0.326 e. The van der Waals surface area contributed by atoms with Gasteiger partial charge in [-0.3, -0.25) is 4.79 Å². The van der Waals surface area contributed by atoms with Crippen molar-refractivity contribution in [3.63, 3.8) is 0 Å². The van der Waals surface area contributed by atoms with Gasteiger partial charge >= 0.3 is 5.97 Å². The highest BCUT2D eigenvalue weighted by Gasteiger charge is 2.34. The monoisotopic (exact) mass is 347 g/mol. The molecule has 1 atom stereocenters. The zero-order valence-corrected chi connectivity index (χ0v) is 14.2. The predicted molar refractivity (Wildman–Crippen MR) is 88.7 cm³/mol. The topological polar surface area (TPSA) is 85.3 Å². The zero-order valence-electron chi connectivity index (χ0n) is 14.2. The Balaban J connectivity index is 1.69. The number of benzene rings is 1. The first-order valence-electron chi connectivity index (χ1n) is 8.25. The molecule has 0 saturated heterocycles. The van der Waals surface area contributed by atoms with Gasteiger partial charge in [-0.2, -0.15) is 0 Å². The number of carboxylic acid groups (broad SMARTS) is 1. The summed E-state index contributed by atoms with van der Waals surface area (Å²) in [5.74, 6) is 0.985. The normalized spacial score (nSPS) is 17.5. The minimum atomic E-state index is -1.00. The van der Waals surface area contributed by atoms with E-state index >= 15 is 0 Å². The maximum atomic E-state index is 12.2. The summed E-state index contributed by atoms with van der Waals surface area (Å²) in [5, 5.41) is 9.42. The molecule has 3 rings (SSSR count). The van der Waals surface area contributed by atoms with Gasteiger partial charge in [0.25, 0.3) is 5.91 Å². The predicted octanol–water partition coefficient (Wildman–Crippen LogP) is 2.06. The average molecular weight is 347 g/mol. The van der Waals surface area contributed by atoms with Gasteiger partial charge in [0.05, 0.1) is 6.54 Å². The van der Waals surface area contributed by atoms with Crippen LogP contribution in [0.25, 0.3) is 0 Å². The van der Waals surface area contributed by atoms with E-state index in [-0.39, 0.29) is 18.4 Å². The molecule has 134 valence electrons. The van der Waals surface area contributed by atoms with Crippen LogP contribution in [-0.4, -0.2) is 47.7 Å². The van der Waals surface area contributed by atoms with E-state index in [4.69, 9.17) is 14.2 Å². The van der Waals surface area contributed by atoms with Crippen molar-refractivity contribution in [2.75, 3.05) is 19.8 Å². The van der Waals surface area contributed by atoms with Gasteiger partial charge < -0.3 is 24.2 Å². The van der Waals surface area contributed by atoms with E-state index < -0.39 is 12.0 Å². The highest BCUT2D eigenvalue weighted by Crippen LogP contribution is 2.34. The first-order chi connectivity index (χ1) is 11.9. The number of carbonyl (C=O) groups excluding carboxylic acids is 1. The van der Waals surface area contributed by atoms with Crippen LogP contribution < -0.4 is 14.2 Å². The zero-order chi connectivity index (χ0) is 18.0. The SMILES string of the molecule is CC(C)C[C@@H](C(=O)O)N1CC(Oc2ccc3c(c2)OCCO3)=CC1=O. The molecule has 0 radical (unpaired) electrons. The van der Waals surface area contributed by atoms with Crippen molar-refractivity contribution >= 4 is 11.9 Å². The maximum Gasteiger partial charge on any atom is 0.326 e. The van der Waals surface area contributed by atoms with Gasteiger partial charge in [0, 0.05) is 12.1 Å². The molecule has 25 heavy (non-hydrogen) atoms. The molecule has 1 aromatic carbocycles. The molecule has 7 nitrogen and oxygen atoms in total. The van der Waals surface area contributed by atoms with Crippen molar-refractivity contribution < 1.29 is 28.9 Å². The molecule has 0 fully saturated rings. The number of hydrogen-bond donors (Lipinski definition) is 1. The molecule has 2 aliphatic heterocycles. The average Bonchev–Trinajstić information content (AvgIpc) is 2.92. The van der Waals surface area contributed by atoms with E-state index in [9.17, 15) is 14.7 Å². The van der Waals surface area contributed by atoms with Crippen LogP contribution in [0.5, 0.6) is 17.2 Å². The molecule has 0 bridgehead atoms. The van der Waals surface area contributed by atoms with Gasteiger partial charge in [0.1, 0.15) is 30.8 Å². The lowest BCUT2D eigenvalue weighted by Gasteiger charge is -2.26. The van der Waals surface area contributed by atoms with Gasteiger partial charge in [0.2, 0.25) is 0 Å². The van der Waals surface area contributed by atoms with E-state index in [0.29, 0.717) is 42.6 Å². The summed E-state index contributed by atoms with van der Waals surface area (Å²) in [4.78, 5) is 25.0. The van der Waals surface area contributed by atoms with E-state index in [0.717, 1.165) is 0 Å². The third-order valence-electron chi connectivity index (χ3n) is 4.01. The molecular weight excluding hydrogens is 326 g/mol. The maximum absolute atomic E-state index is 12.2. The summed E-state index contributed by atoms with van der Waals surface area (Å²) in [6.07, 6.45) is 1.74. The second kappa shape index (κ2) is 7.04. The van der Waals surface area contributed by atoms with Crippen LogP contribution in [0.2, 0.25) is 0 Å². The fraction of sp³-hybridized carbons (Fsp3) is 0.444. The second-order valence-electron chi connectivity index (χ2n) is 6.47. The number of rotatable bonds is 6. The van der Waals surface area contributed by atoms with Crippen molar-refractivity contribution in [3.8, 4) is 17.2 Å². The van der Waals surface area contributed by atoms with Gasteiger partial charge in [-0.15, -0.1) is 0 Å². The van der Waals surface area contributed by atoms with E-state index in [1.54, 1.807) is 18.2 Å². The molecule has 0 unspecified atom stereocenters. The molecule has 7 heteroatoms. The second-order valence-corrected chi connectivity index (χ2v) is 6.47. The number of amides is 1. The van der Waals surface area contributed by atoms with Gasteiger partial charge in [0.15, 0.2) is 11.5 Å². The Bertz CT molecular complexity index is 712. The minimum absolute atomic E-state index is 0.136. The van der Waals surface area contributed by atoms with Crippen molar-refractivity contribution in [2.45, 2.75) is 26.3 Å². The number of ether oxygens (including phenoxy) is 3. The molecule has 1 amide bonds. The molecule has 1 aromatic rings. The Labute approximate surface area is 145 Å². The van der Waals surface area contributed by atoms with Crippen molar-refractivity contribution in [3.05, 3.63) is 30.0 Å². The third kappa shape index (κ3) is 3.87. The van der Waals surface area contributed by atoms with Crippen LogP contribution >= 0.6 is 0 Å². The molecule has 1 N–H and O–H groups in total.